The van der Waals surface area contributed by atoms with Crippen LogP contribution in [0.3, 0.4) is 0 Å². The number of fused-ring (bicyclic) bond motifs is 2. The molecule has 174 valence electrons. The summed E-state index contributed by atoms with van der Waals surface area (Å²) in [5.74, 6) is 1.37. The maximum Gasteiger partial charge on any atom is 0.244 e. The highest BCUT2D eigenvalue weighted by Crippen LogP contribution is 2.41. The first-order valence-corrected chi connectivity index (χ1v) is 13.9. The van der Waals surface area contributed by atoms with E-state index in [4.69, 9.17) is 4.42 Å². The number of nitrogens with zero attached hydrogens (tertiary/aromatic N) is 2. The molecule has 1 amide bonds. The molecule has 0 unspecified atom stereocenters. The van der Waals surface area contributed by atoms with Gasteiger partial charge in [-0.2, -0.15) is 4.31 Å². The molecule has 2 heterocycles. The molecule has 0 radical (unpaired) electrons. The molecule has 1 atom stereocenters. The third-order valence-corrected chi connectivity index (χ3v) is 9.73. The van der Waals surface area contributed by atoms with Crippen molar-refractivity contribution in [2.24, 2.45) is 0 Å². The van der Waals surface area contributed by atoms with Gasteiger partial charge in [0, 0.05) is 35.5 Å². The predicted octanol–water partition coefficient (Wildman–Crippen LogP) is 5.59. The fraction of sp³-hybridized carbons (Fsp3) is 0.400. The van der Waals surface area contributed by atoms with Gasteiger partial charge in [-0.3, -0.25) is 4.79 Å². The number of carbonyl (C=O) groups is 1. The van der Waals surface area contributed by atoms with Gasteiger partial charge in [0.2, 0.25) is 15.9 Å². The number of hydrogen-bond acceptors (Lipinski definition) is 5. The van der Waals surface area contributed by atoms with Gasteiger partial charge in [0.05, 0.1) is 16.6 Å². The van der Waals surface area contributed by atoms with Crippen molar-refractivity contribution < 1.29 is 17.6 Å². The Hall–Kier alpha value is -2.29. The van der Waals surface area contributed by atoms with E-state index in [1.165, 1.54) is 6.92 Å². The second-order valence-electron chi connectivity index (χ2n) is 8.78. The highest BCUT2D eigenvalue weighted by atomic mass is 32.2. The average Bonchev–Trinajstić information content (AvgIpc) is 3.48. The first-order valence-electron chi connectivity index (χ1n) is 11.4. The van der Waals surface area contributed by atoms with Crippen LogP contribution in [0.2, 0.25) is 0 Å². The SMILES string of the molecule is CC(=O)N1CCSc2ccc(S(=O)(=O)N(C3CCCC3)[C@@H](C)c3cc4ccccc4o3)cc21. The van der Waals surface area contributed by atoms with Crippen LogP contribution < -0.4 is 4.90 Å². The molecule has 0 saturated heterocycles. The van der Waals surface area contributed by atoms with Crippen LogP contribution in [0, 0.1) is 0 Å². The van der Waals surface area contributed by atoms with Gasteiger partial charge in [0.25, 0.3) is 0 Å². The molecule has 6 nitrogen and oxygen atoms in total. The fourth-order valence-corrected chi connectivity index (χ4v) is 7.86. The van der Waals surface area contributed by atoms with Crippen molar-refractivity contribution in [1.29, 1.82) is 0 Å². The molecule has 1 fully saturated rings. The molecule has 1 aromatic heterocycles. The summed E-state index contributed by atoms with van der Waals surface area (Å²) >= 11 is 1.65. The Labute approximate surface area is 199 Å². The molecule has 33 heavy (non-hydrogen) atoms. The predicted molar refractivity (Wildman–Crippen MR) is 131 cm³/mol. The Kier molecular flexibility index (Phi) is 6.01. The Morgan fingerprint density at radius 2 is 1.91 bits per heavy atom. The number of sulfonamides is 1. The van der Waals surface area contributed by atoms with E-state index >= 15 is 0 Å². The fourth-order valence-electron chi connectivity index (χ4n) is 5.02. The lowest BCUT2D eigenvalue weighted by Crippen LogP contribution is -2.41. The summed E-state index contributed by atoms with van der Waals surface area (Å²) in [6, 6.07) is 14.3. The number of furan rings is 1. The lowest BCUT2D eigenvalue weighted by molar-refractivity contribution is -0.116. The van der Waals surface area contributed by atoms with E-state index in [2.05, 4.69) is 0 Å². The van der Waals surface area contributed by atoms with Crippen LogP contribution in [0.1, 0.15) is 51.3 Å². The van der Waals surface area contributed by atoms with Gasteiger partial charge in [-0.05, 0) is 50.1 Å². The molecule has 0 bridgehead atoms. The van der Waals surface area contributed by atoms with E-state index in [1.807, 2.05) is 43.3 Å². The second-order valence-corrected chi connectivity index (χ2v) is 11.8. The first kappa shape index (κ1) is 22.5. The quantitative estimate of drug-likeness (QED) is 0.472. The van der Waals surface area contributed by atoms with Crippen LogP contribution >= 0.6 is 11.8 Å². The van der Waals surface area contributed by atoms with E-state index in [0.717, 1.165) is 47.3 Å². The topological polar surface area (TPSA) is 70.8 Å². The van der Waals surface area contributed by atoms with Crippen LogP contribution in [-0.4, -0.2) is 37.0 Å². The van der Waals surface area contributed by atoms with E-state index in [9.17, 15) is 13.2 Å². The van der Waals surface area contributed by atoms with Crippen molar-refractivity contribution in [3.05, 3.63) is 54.3 Å². The van der Waals surface area contributed by atoms with Crippen molar-refractivity contribution in [1.82, 2.24) is 4.31 Å². The Morgan fingerprint density at radius 1 is 1.15 bits per heavy atom. The third kappa shape index (κ3) is 4.09. The van der Waals surface area contributed by atoms with Gasteiger partial charge >= 0.3 is 0 Å². The summed E-state index contributed by atoms with van der Waals surface area (Å²) in [4.78, 5) is 15.0. The number of carbonyl (C=O) groups excluding carboxylic acids is 1. The van der Waals surface area contributed by atoms with E-state index in [0.29, 0.717) is 18.0 Å². The minimum Gasteiger partial charge on any atom is -0.459 e. The summed E-state index contributed by atoms with van der Waals surface area (Å²) in [7, 11) is -3.83. The number of para-hydroxylation sites is 1. The van der Waals surface area contributed by atoms with Crippen molar-refractivity contribution in [2.45, 2.75) is 61.4 Å². The smallest absolute Gasteiger partial charge is 0.244 e. The first-order chi connectivity index (χ1) is 15.9. The van der Waals surface area contributed by atoms with Crippen molar-refractivity contribution in [2.75, 3.05) is 17.2 Å². The van der Waals surface area contributed by atoms with Crippen LogP contribution in [0.25, 0.3) is 11.0 Å². The molecule has 0 spiro atoms. The van der Waals surface area contributed by atoms with Crippen molar-refractivity contribution in [3.63, 3.8) is 0 Å². The zero-order valence-electron chi connectivity index (χ0n) is 18.9. The molecular formula is C25H28N2O4S2. The lowest BCUT2D eigenvalue weighted by Gasteiger charge is -2.33. The monoisotopic (exact) mass is 484 g/mol. The van der Waals surface area contributed by atoms with Gasteiger partial charge in [0.15, 0.2) is 0 Å². The van der Waals surface area contributed by atoms with Gasteiger partial charge in [-0.1, -0.05) is 31.0 Å². The molecule has 1 aliphatic heterocycles. The number of anilines is 1. The Balaban J connectivity index is 1.58. The zero-order chi connectivity index (χ0) is 23.2. The van der Waals surface area contributed by atoms with Crippen LogP contribution in [-0.2, 0) is 14.8 Å². The van der Waals surface area contributed by atoms with Gasteiger partial charge < -0.3 is 9.32 Å². The molecular weight excluding hydrogens is 456 g/mol. The molecule has 5 rings (SSSR count). The van der Waals surface area contributed by atoms with Gasteiger partial charge in [-0.25, -0.2) is 8.42 Å². The molecule has 2 aliphatic rings. The molecule has 2 aromatic carbocycles. The highest BCUT2D eigenvalue weighted by Gasteiger charge is 2.39. The largest absolute Gasteiger partial charge is 0.459 e. The van der Waals surface area contributed by atoms with Crippen LogP contribution in [0.5, 0.6) is 0 Å². The summed E-state index contributed by atoms with van der Waals surface area (Å²) in [6.45, 7) is 4.01. The summed E-state index contributed by atoms with van der Waals surface area (Å²) in [5, 5.41) is 0.964. The standard InChI is InChI=1S/C25H28N2O4S2/c1-17(24-15-19-7-3-6-10-23(19)31-24)27(20-8-4-5-9-20)33(29,30)21-11-12-25-22(16-21)26(18(2)28)13-14-32-25/h3,6-7,10-12,15-17,20H,4-5,8-9,13-14H2,1-2H3/t17-/m0/s1. The Morgan fingerprint density at radius 3 is 2.64 bits per heavy atom. The molecule has 1 aliphatic carbocycles. The third-order valence-electron chi connectivity index (χ3n) is 6.67. The highest BCUT2D eigenvalue weighted by molar-refractivity contribution is 7.99. The van der Waals surface area contributed by atoms with Gasteiger partial charge in [0.1, 0.15) is 11.3 Å². The van der Waals surface area contributed by atoms with Gasteiger partial charge in [-0.15, -0.1) is 11.8 Å². The number of amides is 1. The maximum absolute atomic E-state index is 14.1. The maximum atomic E-state index is 14.1. The van der Waals surface area contributed by atoms with Crippen molar-refractivity contribution in [3.8, 4) is 0 Å². The summed E-state index contributed by atoms with van der Waals surface area (Å²) in [6.07, 6.45) is 3.71. The summed E-state index contributed by atoms with van der Waals surface area (Å²) in [5.41, 5.74) is 1.44. The Bertz CT molecular complexity index is 1260. The molecule has 3 aromatic rings. The van der Waals surface area contributed by atoms with E-state index < -0.39 is 16.1 Å². The average molecular weight is 485 g/mol. The van der Waals surface area contributed by atoms with Crippen LogP contribution in [0.15, 0.2) is 62.7 Å². The molecule has 1 saturated carbocycles. The van der Waals surface area contributed by atoms with Crippen LogP contribution in [0.4, 0.5) is 5.69 Å². The number of hydrogen-bond donors (Lipinski definition) is 0. The minimum absolute atomic E-state index is 0.0746. The summed E-state index contributed by atoms with van der Waals surface area (Å²) < 4.78 is 35.9. The number of benzene rings is 2. The number of rotatable bonds is 5. The lowest BCUT2D eigenvalue weighted by atomic mass is 10.1. The number of thioether (sulfide) groups is 1. The zero-order valence-corrected chi connectivity index (χ0v) is 20.5. The molecule has 0 N–H and O–H groups in total. The van der Waals surface area contributed by atoms with E-state index in [-0.39, 0.29) is 16.8 Å². The van der Waals surface area contributed by atoms with E-state index in [1.54, 1.807) is 33.1 Å². The normalized spacial score (nSPS) is 18.1. The molecule has 8 heteroatoms. The van der Waals surface area contributed by atoms with Crippen molar-refractivity contribution >= 4 is 44.3 Å². The minimum atomic E-state index is -3.83. The second kappa shape index (κ2) is 8.81.